The Labute approximate surface area is 216 Å². The fraction of sp³-hybridized carbons (Fsp3) is 0.480. The van der Waals surface area contributed by atoms with Crippen molar-refractivity contribution in [3.63, 3.8) is 0 Å². The summed E-state index contributed by atoms with van der Waals surface area (Å²) in [5, 5.41) is 5.79. The smallest absolute Gasteiger partial charge is 0.324 e. The van der Waals surface area contributed by atoms with E-state index in [1.54, 1.807) is 16.3 Å². The first-order valence-corrected chi connectivity index (χ1v) is 13.6. The van der Waals surface area contributed by atoms with Crippen LogP contribution in [0.5, 0.6) is 0 Å². The van der Waals surface area contributed by atoms with Crippen molar-refractivity contribution in [1.29, 1.82) is 0 Å². The number of fused-ring (bicyclic) bond motifs is 6. The number of aromatic amines is 1. The van der Waals surface area contributed by atoms with Gasteiger partial charge in [0, 0.05) is 46.1 Å². The Hall–Kier alpha value is -1.98. The number of aromatic nitrogens is 2. The number of carbonyl (C=O) groups excluding carboxylic acids is 2. The molecule has 0 unspecified atom stereocenters. The number of nitrogens with zero attached hydrogens (tertiary/aromatic N) is 2. The average molecular weight is 593 g/mol. The summed E-state index contributed by atoms with van der Waals surface area (Å²) in [4.78, 5) is 34.3. The second kappa shape index (κ2) is 9.23. The third-order valence-corrected chi connectivity index (χ3v) is 8.39. The van der Waals surface area contributed by atoms with Crippen LogP contribution in [0.15, 0.2) is 23.6 Å². The maximum atomic E-state index is 13.1. The summed E-state index contributed by atoms with van der Waals surface area (Å²) in [6, 6.07) is 5.89. The second-order valence-electron chi connectivity index (χ2n) is 10.2. The van der Waals surface area contributed by atoms with Crippen molar-refractivity contribution >= 4 is 56.7 Å². The van der Waals surface area contributed by atoms with Gasteiger partial charge in [0.05, 0.1) is 21.0 Å². The molecule has 1 aromatic carbocycles. The fourth-order valence-electron chi connectivity index (χ4n) is 4.71. The molecule has 1 amide bonds. The van der Waals surface area contributed by atoms with Crippen molar-refractivity contribution in [3.05, 3.63) is 37.9 Å². The topological polar surface area (TPSA) is 87.3 Å². The Morgan fingerprint density at radius 1 is 1.29 bits per heavy atom. The molecule has 3 aromatic rings. The highest BCUT2D eigenvalue weighted by Crippen LogP contribution is 2.34. The summed E-state index contributed by atoms with van der Waals surface area (Å²) in [5.41, 5.74) is 7.20. The molecule has 4 heterocycles. The van der Waals surface area contributed by atoms with Gasteiger partial charge in [-0.1, -0.05) is 26.8 Å². The standard InChI is InChI=1S/C25H29IN4O3S/c1-14-9-21-27-20(12-34-21)15-6-7-18-16(10-15)17(22(26)28-18)11-25(2,3)13-33-24(32)19-5-4-8-30(29-19)23(14)31/h6-7,10,12,14,19,28-29H,4-5,8-9,11,13H2,1-3H3/t14-,19-/m0/s1. The minimum atomic E-state index is -0.498. The van der Waals surface area contributed by atoms with E-state index in [0.717, 1.165) is 38.3 Å². The van der Waals surface area contributed by atoms with Crippen molar-refractivity contribution < 1.29 is 14.3 Å². The summed E-state index contributed by atoms with van der Waals surface area (Å²) in [6.07, 6.45) is 2.77. The number of carbonyl (C=O) groups is 2. The highest BCUT2D eigenvalue weighted by molar-refractivity contribution is 14.1. The van der Waals surface area contributed by atoms with Crippen LogP contribution in [0.4, 0.5) is 0 Å². The Balaban J connectivity index is 1.54. The Morgan fingerprint density at radius 3 is 2.94 bits per heavy atom. The van der Waals surface area contributed by atoms with Crippen LogP contribution >= 0.6 is 33.9 Å². The molecule has 0 saturated carbocycles. The monoisotopic (exact) mass is 592 g/mol. The second-order valence-corrected chi connectivity index (χ2v) is 12.2. The molecule has 34 heavy (non-hydrogen) atoms. The SMILES string of the molecule is C[C@H]1Cc2nc(cs2)-c2ccc3[nH]c(I)c(c3c2)CC(C)(C)COC(=O)[C@@H]2CCCN(N2)C1=O. The lowest BCUT2D eigenvalue weighted by atomic mass is 9.86. The summed E-state index contributed by atoms with van der Waals surface area (Å²) in [6.45, 7) is 7.07. The molecule has 2 N–H and O–H groups in total. The normalized spacial score (nSPS) is 23.6. The number of ether oxygens (including phenoxy) is 1. The first kappa shape index (κ1) is 23.7. The van der Waals surface area contributed by atoms with Gasteiger partial charge in [0.25, 0.3) is 0 Å². The van der Waals surface area contributed by atoms with E-state index in [4.69, 9.17) is 9.72 Å². The van der Waals surface area contributed by atoms with Gasteiger partial charge in [0.15, 0.2) is 0 Å². The molecule has 180 valence electrons. The lowest BCUT2D eigenvalue weighted by Crippen LogP contribution is -2.56. The molecule has 7 nitrogen and oxygen atoms in total. The molecule has 1 fully saturated rings. The molecule has 2 aliphatic heterocycles. The van der Waals surface area contributed by atoms with Crippen LogP contribution in [-0.4, -0.2) is 46.0 Å². The number of hydrogen-bond donors (Lipinski definition) is 2. The molecule has 1 saturated heterocycles. The lowest BCUT2D eigenvalue weighted by molar-refractivity contribution is -0.155. The summed E-state index contributed by atoms with van der Waals surface area (Å²) >= 11 is 3.95. The molecule has 6 bridgehead atoms. The molecule has 5 rings (SSSR count). The number of rotatable bonds is 0. The Kier molecular flexibility index (Phi) is 6.45. The molecule has 2 atom stereocenters. The molecule has 0 spiro atoms. The predicted molar refractivity (Wildman–Crippen MR) is 141 cm³/mol. The largest absolute Gasteiger partial charge is 0.464 e. The number of nitrogens with one attached hydrogen (secondary N) is 2. The van der Waals surface area contributed by atoms with Gasteiger partial charge in [-0.2, -0.15) is 0 Å². The minimum Gasteiger partial charge on any atom is -0.464 e. The van der Waals surface area contributed by atoms with E-state index in [2.05, 4.69) is 70.4 Å². The predicted octanol–water partition coefficient (Wildman–Crippen LogP) is 4.70. The van der Waals surface area contributed by atoms with Gasteiger partial charge >= 0.3 is 5.97 Å². The number of amides is 1. The van der Waals surface area contributed by atoms with Gasteiger partial charge in [0.1, 0.15) is 6.04 Å². The van der Waals surface area contributed by atoms with E-state index in [1.165, 1.54) is 10.9 Å². The van der Waals surface area contributed by atoms with E-state index in [0.29, 0.717) is 26.0 Å². The molecular weight excluding hydrogens is 563 g/mol. The maximum Gasteiger partial charge on any atom is 0.324 e. The van der Waals surface area contributed by atoms with Crippen LogP contribution in [0, 0.1) is 15.0 Å². The summed E-state index contributed by atoms with van der Waals surface area (Å²) < 4.78 is 6.88. The van der Waals surface area contributed by atoms with E-state index in [1.807, 2.05) is 6.92 Å². The third kappa shape index (κ3) is 4.74. The van der Waals surface area contributed by atoms with Crippen LogP contribution in [0.2, 0.25) is 0 Å². The van der Waals surface area contributed by atoms with Crippen LogP contribution in [0.1, 0.15) is 44.2 Å². The summed E-state index contributed by atoms with van der Waals surface area (Å²) in [7, 11) is 0. The van der Waals surface area contributed by atoms with Crippen LogP contribution in [0.25, 0.3) is 22.2 Å². The number of H-pyrrole nitrogens is 1. The van der Waals surface area contributed by atoms with Crippen LogP contribution in [-0.2, 0) is 27.2 Å². The highest BCUT2D eigenvalue weighted by atomic mass is 127. The van der Waals surface area contributed by atoms with Crippen molar-refractivity contribution in [2.45, 2.75) is 52.5 Å². The molecule has 2 aromatic heterocycles. The highest BCUT2D eigenvalue weighted by Gasteiger charge is 2.33. The number of hydrazine groups is 1. The molecule has 9 heteroatoms. The Bertz CT molecular complexity index is 1250. The minimum absolute atomic E-state index is 0.0105. The first-order valence-electron chi connectivity index (χ1n) is 11.7. The van der Waals surface area contributed by atoms with E-state index >= 15 is 0 Å². The van der Waals surface area contributed by atoms with Gasteiger partial charge in [-0.15, -0.1) is 11.3 Å². The Morgan fingerprint density at radius 2 is 2.12 bits per heavy atom. The van der Waals surface area contributed by atoms with Crippen molar-refractivity contribution in [2.75, 3.05) is 13.2 Å². The zero-order valence-electron chi connectivity index (χ0n) is 19.6. The maximum absolute atomic E-state index is 13.1. The zero-order valence-corrected chi connectivity index (χ0v) is 22.6. The number of benzene rings is 1. The van der Waals surface area contributed by atoms with Gasteiger partial charge < -0.3 is 9.72 Å². The van der Waals surface area contributed by atoms with Crippen molar-refractivity contribution in [3.8, 4) is 11.3 Å². The molecule has 0 radical (unpaired) electrons. The van der Waals surface area contributed by atoms with Crippen molar-refractivity contribution in [1.82, 2.24) is 20.4 Å². The van der Waals surface area contributed by atoms with Gasteiger partial charge in [-0.25, -0.2) is 10.4 Å². The number of esters is 1. The van der Waals surface area contributed by atoms with Crippen molar-refractivity contribution in [2.24, 2.45) is 11.3 Å². The van der Waals surface area contributed by atoms with Crippen LogP contribution in [0.3, 0.4) is 0 Å². The fourth-order valence-corrected chi connectivity index (χ4v) is 6.42. The first-order chi connectivity index (χ1) is 16.2. The van der Waals surface area contributed by atoms with Gasteiger partial charge in [0.2, 0.25) is 5.91 Å². The van der Waals surface area contributed by atoms with Gasteiger partial charge in [-0.05, 0) is 59.5 Å². The number of halogens is 1. The molecule has 0 aliphatic carbocycles. The number of thiazole rings is 1. The van der Waals surface area contributed by atoms with E-state index < -0.39 is 6.04 Å². The van der Waals surface area contributed by atoms with Gasteiger partial charge in [-0.3, -0.25) is 14.6 Å². The quantitative estimate of drug-likeness (QED) is 0.292. The third-order valence-electron chi connectivity index (χ3n) is 6.60. The van der Waals surface area contributed by atoms with Crippen LogP contribution < -0.4 is 5.43 Å². The van der Waals surface area contributed by atoms with E-state index in [9.17, 15) is 9.59 Å². The number of hydrogen-bond acceptors (Lipinski definition) is 6. The molecule has 2 aliphatic rings. The average Bonchev–Trinajstić information content (AvgIpc) is 3.40. The summed E-state index contributed by atoms with van der Waals surface area (Å²) in [5.74, 6) is -0.539. The zero-order chi connectivity index (χ0) is 24.0. The molecular formula is C25H29IN4O3S. The number of cyclic esters (lactones) is 1. The lowest BCUT2D eigenvalue weighted by Gasteiger charge is -2.34. The van der Waals surface area contributed by atoms with E-state index in [-0.39, 0.29) is 23.2 Å².